The quantitative estimate of drug-likeness (QED) is 0.664. The second-order valence-electron chi connectivity index (χ2n) is 6.74. The fourth-order valence-electron chi connectivity index (χ4n) is 3.74. The Labute approximate surface area is 165 Å². The molecule has 1 aliphatic rings. The van der Waals surface area contributed by atoms with E-state index in [-0.39, 0.29) is 12.1 Å². The number of nitrogens with zero attached hydrogens (tertiary/aromatic N) is 4. The van der Waals surface area contributed by atoms with E-state index < -0.39 is 0 Å². The van der Waals surface area contributed by atoms with E-state index in [0.29, 0.717) is 0 Å². The lowest BCUT2D eigenvalue weighted by molar-refractivity contribution is 0.304. The van der Waals surface area contributed by atoms with Crippen molar-refractivity contribution < 1.29 is 0 Å². The zero-order valence-electron chi connectivity index (χ0n) is 15.3. The molecule has 4 heterocycles. The highest BCUT2D eigenvalue weighted by Gasteiger charge is 2.40. The highest BCUT2D eigenvalue weighted by Crippen LogP contribution is 2.38. The molecule has 0 bridgehead atoms. The summed E-state index contributed by atoms with van der Waals surface area (Å²) in [4.78, 5) is 11.1. The molecule has 2 atom stereocenters. The molecule has 3 aromatic rings. The third kappa shape index (κ3) is 3.57. The standard InChI is InChI=1S/C21H23N5S/c1-2-12-26-20(19(24-21(26)27)17-8-3-4-11-23-17)18-9-6-13-25(18)15-16-7-5-10-22-14-16/h3-11,13-14,19-20H,2,12,15H2,1H3,(H,24,27)/t19-,20-/m0/s1. The second kappa shape index (κ2) is 7.88. The second-order valence-corrected chi connectivity index (χ2v) is 7.13. The summed E-state index contributed by atoms with van der Waals surface area (Å²) in [6.45, 7) is 3.88. The van der Waals surface area contributed by atoms with Gasteiger partial charge in [-0.3, -0.25) is 9.97 Å². The van der Waals surface area contributed by atoms with Crippen LogP contribution >= 0.6 is 12.2 Å². The molecule has 0 unspecified atom stereocenters. The van der Waals surface area contributed by atoms with Crippen molar-refractivity contribution >= 4 is 17.3 Å². The summed E-state index contributed by atoms with van der Waals surface area (Å²) < 4.78 is 2.29. The van der Waals surface area contributed by atoms with Crippen molar-refractivity contribution in [1.82, 2.24) is 24.8 Å². The van der Waals surface area contributed by atoms with Gasteiger partial charge in [0.25, 0.3) is 0 Å². The predicted molar refractivity (Wildman–Crippen MR) is 110 cm³/mol. The van der Waals surface area contributed by atoms with E-state index in [0.717, 1.165) is 30.3 Å². The molecule has 1 N–H and O–H groups in total. The van der Waals surface area contributed by atoms with Crippen molar-refractivity contribution in [2.24, 2.45) is 0 Å². The minimum atomic E-state index is 0.0350. The van der Waals surface area contributed by atoms with Gasteiger partial charge in [-0.05, 0) is 54.5 Å². The van der Waals surface area contributed by atoms with Gasteiger partial charge in [-0.25, -0.2) is 0 Å². The van der Waals surface area contributed by atoms with E-state index in [1.165, 1.54) is 11.3 Å². The molecule has 0 amide bonds. The number of rotatable bonds is 6. The van der Waals surface area contributed by atoms with Gasteiger partial charge in [0, 0.05) is 43.6 Å². The van der Waals surface area contributed by atoms with Crippen LogP contribution in [0.5, 0.6) is 0 Å². The monoisotopic (exact) mass is 377 g/mol. The molecule has 1 fully saturated rings. The van der Waals surface area contributed by atoms with Crippen molar-refractivity contribution in [3.05, 3.63) is 84.2 Å². The van der Waals surface area contributed by atoms with Crippen molar-refractivity contribution in [3.63, 3.8) is 0 Å². The Balaban J connectivity index is 1.72. The van der Waals surface area contributed by atoms with Crippen molar-refractivity contribution in [1.29, 1.82) is 0 Å². The van der Waals surface area contributed by atoms with E-state index in [1.54, 1.807) is 6.20 Å². The van der Waals surface area contributed by atoms with Crippen LogP contribution in [-0.4, -0.2) is 31.1 Å². The minimum Gasteiger partial charge on any atom is -0.352 e. The van der Waals surface area contributed by atoms with E-state index >= 15 is 0 Å². The topological polar surface area (TPSA) is 46.0 Å². The van der Waals surface area contributed by atoms with Crippen LogP contribution in [-0.2, 0) is 6.54 Å². The number of pyridine rings is 2. The Morgan fingerprint density at radius 3 is 2.78 bits per heavy atom. The molecule has 5 nitrogen and oxygen atoms in total. The SMILES string of the molecule is CCCN1C(=S)N[C@@H](c2ccccn2)[C@@H]1c1cccn1Cc1cccnc1. The molecule has 4 rings (SSSR count). The Kier molecular flexibility index (Phi) is 5.16. The Morgan fingerprint density at radius 2 is 2.04 bits per heavy atom. The number of hydrogen-bond acceptors (Lipinski definition) is 3. The van der Waals surface area contributed by atoms with Crippen LogP contribution < -0.4 is 5.32 Å². The molecular weight excluding hydrogens is 354 g/mol. The zero-order chi connectivity index (χ0) is 18.6. The lowest BCUT2D eigenvalue weighted by Crippen LogP contribution is -2.31. The molecule has 1 aliphatic heterocycles. The number of aromatic nitrogens is 3. The van der Waals surface area contributed by atoms with Crippen LogP contribution in [0.4, 0.5) is 0 Å². The first-order valence-electron chi connectivity index (χ1n) is 9.30. The van der Waals surface area contributed by atoms with Crippen LogP contribution in [0.1, 0.15) is 42.4 Å². The summed E-state index contributed by atoms with van der Waals surface area (Å²) >= 11 is 5.67. The summed E-state index contributed by atoms with van der Waals surface area (Å²) in [5, 5.41) is 4.30. The molecule has 27 heavy (non-hydrogen) atoms. The maximum Gasteiger partial charge on any atom is 0.170 e. The third-order valence-electron chi connectivity index (χ3n) is 4.91. The molecule has 138 valence electrons. The maximum atomic E-state index is 5.67. The Bertz CT molecular complexity index is 893. The molecule has 0 aromatic carbocycles. The first-order chi connectivity index (χ1) is 13.3. The Hall–Kier alpha value is -2.73. The van der Waals surface area contributed by atoms with Gasteiger partial charge in [0.2, 0.25) is 0 Å². The lowest BCUT2D eigenvalue weighted by atomic mass is 10.0. The van der Waals surface area contributed by atoms with E-state index in [2.05, 4.69) is 62.1 Å². The largest absolute Gasteiger partial charge is 0.352 e. The summed E-state index contributed by atoms with van der Waals surface area (Å²) in [5.74, 6) is 0. The van der Waals surface area contributed by atoms with E-state index in [4.69, 9.17) is 12.2 Å². The highest BCUT2D eigenvalue weighted by atomic mass is 32.1. The van der Waals surface area contributed by atoms with Gasteiger partial charge >= 0.3 is 0 Å². The first kappa shape index (κ1) is 17.7. The summed E-state index contributed by atoms with van der Waals surface area (Å²) in [6, 6.07) is 14.6. The van der Waals surface area contributed by atoms with Gasteiger partial charge < -0.3 is 14.8 Å². The maximum absolute atomic E-state index is 5.67. The first-order valence-corrected chi connectivity index (χ1v) is 9.70. The lowest BCUT2D eigenvalue weighted by Gasteiger charge is -2.28. The van der Waals surface area contributed by atoms with E-state index in [9.17, 15) is 0 Å². The van der Waals surface area contributed by atoms with Gasteiger partial charge in [-0.2, -0.15) is 0 Å². The van der Waals surface area contributed by atoms with Crippen LogP contribution in [0.2, 0.25) is 0 Å². The fourth-order valence-corrected chi connectivity index (χ4v) is 4.07. The van der Waals surface area contributed by atoms with Crippen LogP contribution in [0.3, 0.4) is 0 Å². The third-order valence-corrected chi connectivity index (χ3v) is 5.26. The van der Waals surface area contributed by atoms with Crippen molar-refractivity contribution in [3.8, 4) is 0 Å². The molecule has 0 radical (unpaired) electrons. The van der Waals surface area contributed by atoms with Gasteiger partial charge in [0.05, 0.1) is 17.8 Å². The molecule has 6 heteroatoms. The zero-order valence-corrected chi connectivity index (χ0v) is 16.1. The summed E-state index contributed by atoms with van der Waals surface area (Å²) in [7, 11) is 0. The highest BCUT2D eigenvalue weighted by molar-refractivity contribution is 7.80. The smallest absolute Gasteiger partial charge is 0.170 e. The summed E-state index contributed by atoms with van der Waals surface area (Å²) in [5.41, 5.74) is 3.42. The fraction of sp³-hybridized carbons (Fsp3) is 0.286. The number of hydrogen-bond donors (Lipinski definition) is 1. The van der Waals surface area contributed by atoms with Crippen molar-refractivity contribution in [2.75, 3.05) is 6.54 Å². The molecule has 3 aromatic heterocycles. The average Bonchev–Trinajstić information content (AvgIpc) is 3.28. The van der Waals surface area contributed by atoms with Crippen LogP contribution in [0.25, 0.3) is 0 Å². The number of nitrogens with one attached hydrogen (secondary N) is 1. The summed E-state index contributed by atoms with van der Waals surface area (Å²) in [6.07, 6.45) is 8.73. The normalized spacial score (nSPS) is 19.3. The predicted octanol–water partition coefficient (Wildman–Crippen LogP) is 3.71. The molecule has 1 saturated heterocycles. The number of thiocarbonyl (C=S) groups is 1. The van der Waals surface area contributed by atoms with Crippen molar-refractivity contribution in [2.45, 2.75) is 32.0 Å². The van der Waals surface area contributed by atoms with Gasteiger partial charge in [0.15, 0.2) is 5.11 Å². The Morgan fingerprint density at radius 1 is 1.11 bits per heavy atom. The van der Waals surface area contributed by atoms with Crippen LogP contribution in [0, 0.1) is 0 Å². The molecule has 0 saturated carbocycles. The van der Waals surface area contributed by atoms with E-state index in [1.807, 2.05) is 30.6 Å². The molecule has 0 aliphatic carbocycles. The average molecular weight is 378 g/mol. The molecular formula is C21H23N5S. The van der Waals surface area contributed by atoms with Crippen LogP contribution in [0.15, 0.2) is 67.3 Å². The van der Waals surface area contributed by atoms with Gasteiger partial charge in [-0.15, -0.1) is 0 Å². The van der Waals surface area contributed by atoms with Gasteiger partial charge in [-0.1, -0.05) is 19.1 Å². The van der Waals surface area contributed by atoms with Gasteiger partial charge in [0.1, 0.15) is 0 Å². The minimum absolute atomic E-state index is 0.0350. The molecule has 0 spiro atoms.